The molecule has 1 aromatic heterocycles. The minimum absolute atomic E-state index is 0.0928. The number of amides is 1. The van der Waals surface area contributed by atoms with Crippen molar-refractivity contribution >= 4 is 5.91 Å². The molecule has 0 aliphatic carbocycles. The minimum atomic E-state index is -4.51. The molecule has 2 rings (SSSR count). The van der Waals surface area contributed by atoms with Crippen LogP contribution in [0, 0.1) is 6.92 Å². The summed E-state index contributed by atoms with van der Waals surface area (Å²) in [5.41, 5.74) is 3.78. The second kappa shape index (κ2) is 6.83. The number of nitrogens with two attached hydrogens (primary N) is 1. The number of nitrogens with one attached hydrogen (secondary N) is 1. The Morgan fingerprint density at radius 1 is 1.33 bits per heavy atom. The van der Waals surface area contributed by atoms with Crippen molar-refractivity contribution in [2.45, 2.75) is 13.1 Å². The maximum Gasteiger partial charge on any atom is 0.416 e. The smallest absolute Gasteiger partial charge is 0.349 e. The number of nitrogens with zero attached hydrogens (tertiary/aromatic N) is 2. The second-order valence-corrected chi connectivity index (χ2v) is 5.00. The van der Waals surface area contributed by atoms with E-state index in [1.807, 2.05) is 0 Å². The number of carbonyl (C=O) groups excluding carboxylic acids is 1. The van der Waals surface area contributed by atoms with Gasteiger partial charge < -0.3 is 11.1 Å². The lowest BCUT2D eigenvalue weighted by atomic mass is 10.2. The van der Waals surface area contributed by atoms with Crippen molar-refractivity contribution in [3.8, 4) is 5.69 Å². The van der Waals surface area contributed by atoms with E-state index in [-0.39, 0.29) is 18.8 Å². The molecule has 0 atom stereocenters. The summed E-state index contributed by atoms with van der Waals surface area (Å²) < 4.78 is 39.6. The maximum atomic E-state index is 12.8. The number of rotatable bonds is 4. The summed E-state index contributed by atoms with van der Waals surface area (Å²) in [5.74, 6) is -0.730. The third-order valence-corrected chi connectivity index (χ3v) is 3.17. The quantitative estimate of drug-likeness (QED) is 0.876. The van der Waals surface area contributed by atoms with Crippen LogP contribution in [0.25, 0.3) is 5.69 Å². The van der Waals surface area contributed by atoms with Gasteiger partial charge in [0.1, 0.15) is 0 Å². The fourth-order valence-corrected chi connectivity index (χ4v) is 2.05. The molecule has 0 fully saturated rings. The minimum Gasteiger partial charge on any atom is -0.349 e. The van der Waals surface area contributed by atoms with Crippen molar-refractivity contribution in [2.24, 2.45) is 5.73 Å². The van der Waals surface area contributed by atoms with E-state index in [0.717, 1.165) is 22.9 Å². The maximum absolute atomic E-state index is 12.8. The molecule has 6 nitrogen and oxygen atoms in total. The molecule has 1 heterocycles. The van der Waals surface area contributed by atoms with Crippen molar-refractivity contribution < 1.29 is 18.0 Å². The molecule has 0 aliphatic rings. The van der Waals surface area contributed by atoms with Crippen LogP contribution >= 0.6 is 0 Å². The normalized spacial score (nSPS) is 11.4. The van der Waals surface area contributed by atoms with E-state index in [4.69, 9.17) is 5.73 Å². The lowest BCUT2D eigenvalue weighted by molar-refractivity contribution is -0.137. The molecule has 0 saturated carbocycles. The van der Waals surface area contributed by atoms with E-state index in [1.54, 1.807) is 0 Å². The number of carbonyl (C=O) groups is 1. The average Bonchev–Trinajstić information content (AvgIpc) is 2.52. The van der Waals surface area contributed by atoms with Gasteiger partial charge in [-0.3, -0.25) is 9.59 Å². The van der Waals surface area contributed by atoms with Gasteiger partial charge in [-0.25, -0.2) is 4.68 Å². The summed E-state index contributed by atoms with van der Waals surface area (Å²) in [7, 11) is 0. The van der Waals surface area contributed by atoms with Gasteiger partial charge in [-0.2, -0.15) is 18.3 Å². The molecule has 2 aromatic rings. The Morgan fingerprint density at radius 3 is 2.67 bits per heavy atom. The first kappa shape index (κ1) is 17.7. The number of aromatic nitrogens is 2. The Morgan fingerprint density at radius 2 is 2.04 bits per heavy atom. The lowest BCUT2D eigenvalue weighted by Crippen LogP contribution is -2.34. The topological polar surface area (TPSA) is 90.0 Å². The SMILES string of the molecule is Cc1cc(=O)c(C(=O)NCCN)nn1-c1cccc(C(F)(F)F)c1. The third kappa shape index (κ3) is 3.80. The molecule has 0 radical (unpaired) electrons. The zero-order valence-corrected chi connectivity index (χ0v) is 12.7. The number of alkyl halides is 3. The van der Waals surface area contributed by atoms with Gasteiger partial charge in [-0.05, 0) is 25.1 Å². The summed E-state index contributed by atoms with van der Waals surface area (Å²) in [6, 6.07) is 5.60. The number of hydrogen-bond acceptors (Lipinski definition) is 4. The zero-order chi connectivity index (χ0) is 17.9. The molecule has 0 spiro atoms. The van der Waals surface area contributed by atoms with E-state index in [1.165, 1.54) is 19.1 Å². The fraction of sp³-hybridized carbons (Fsp3) is 0.267. The van der Waals surface area contributed by atoms with Crippen LogP contribution in [-0.2, 0) is 6.18 Å². The molecule has 24 heavy (non-hydrogen) atoms. The van der Waals surface area contributed by atoms with Gasteiger partial charge in [0, 0.05) is 24.8 Å². The van der Waals surface area contributed by atoms with Crippen LogP contribution in [0.1, 0.15) is 21.7 Å². The number of hydrogen-bond donors (Lipinski definition) is 2. The largest absolute Gasteiger partial charge is 0.416 e. The van der Waals surface area contributed by atoms with Crippen LogP contribution in [0.4, 0.5) is 13.2 Å². The summed E-state index contributed by atoms with van der Waals surface area (Å²) in [4.78, 5) is 23.8. The van der Waals surface area contributed by atoms with E-state index >= 15 is 0 Å². The molecule has 0 saturated heterocycles. The van der Waals surface area contributed by atoms with E-state index in [2.05, 4.69) is 10.4 Å². The van der Waals surface area contributed by atoms with E-state index < -0.39 is 28.8 Å². The van der Waals surface area contributed by atoms with Gasteiger partial charge in [-0.15, -0.1) is 0 Å². The van der Waals surface area contributed by atoms with Crippen LogP contribution in [-0.4, -0.2) is 28.8 Å². The van der Waals surface area contributed by atoms with E-state index in [9.17, 15) is 22.8 Å². The first-order valence-electron chi connectivity index (χ1n) is 7.01. The third-order valence-electron chi connectivity index (χ3n) is 3.17. The Labute approximate surface area is 135 Å². The van der Waals surface area contributed by atoms with Crippen LogP contribution in [0.2, 0.25) is 0 Å². The number of halogens is 3. The summed E-state index contributed by atoms with van der Waals surface area (Å²) in [6.45, 7) is 1.84. The Kier molecular flexibility index (Phi) is 5.03. The molecule has 1 aromatic carbocycles. The van der Waals surface area contributed by atoms with Gasteiger partial charge in [-0.1, -0.05) is 6.07 Å². The molecule has 0 bridgehead atoms. The second-order valence-electron chi connectivity index (χ2n) is 5.00. The van der Waals surface area contributed by atoms with Crippen molar-refractivity contribution in [3.63, 3.8) is 0 Å². The molecular weight excluding hydrogens is 325 g/mol. The van der Waals surface area contributed by atoms with Gasteiger partial charge in [0.05, 0.1) is 11.3 Å². The van der Waals surface area contributed by atoms with Gasteiger partial charge >= 0.3 is 6.18 Å². The summed E-state index contributed by atoms with van der Waals surface area (Å²) in [5, 5.41) is 6.31. The van der Waals surface area contributed by atoms with Crippen molar-refractivity contribution in [1.82, 2.24) is 15.1 Å². The predicted molar refractivity (Wildman–Crippen MR) is 81.0 cm³/mol. The highest BCUT2D eigenvalue weighted by atomic mass is 19.4. The highest BCUT2D eigenvalue weighted by Crippen LogP contribution is 2.30. The molecular formula is C15H15F3N4O2. The highest BCUT2D eigenvalue weighted by molar-refractivity contribution is 5.92. The van der Waals surface area contributed by atoms with Crippen LogP contribution in [0.3, 0.4) is 0 Å². The van der Waals surface area contributed by atoms with Crippen LogP contribution in [0.5, 0.6) is 0 Å². The van der Waals surface area contributed by atoms with Crippen molar-refractivity contribution in [3.05, 3.63) is 57.5 Å². The van der Waals surface area contributed by atoms with Crippen LogP contribution in [0.15, 0.2) is 35.1 Å². The Balaban J connectivity index is 2.51. The first-order valence-corrected chi connectivity index (χ1v) is 7.01. The first-order chi connectivity index (χ1) is 11.2. The Bertz CT molecular complexity index is 815. The summed E-state index contributed by atoms with van der Waals surface area (Å²) >= 11 is 0. The van der Waals surface area contributed by atoms with Gasteiger partial charge in [0.25, 0.3) is 5.91 Å². The molecule has 128 valence electrons. The standard InChI is InChI=1S/C15H15F3N4O2/c1-9-7-12(23)13(14(24)20-6-5-19)21-22(9)11-4-2-3-10(8-11)15(16,17)18/h2-4,7-8H,5-6,19H2,1H3,(H,20,24). The highest BCUT2D eigenvalue weighted by Gasteiger charge is 2.30. The zero-order valence-electron chi connectivity index (χ0n) is 12.7. The predicted octanol–water partition coefficient (Wildman–Crippen LogP) is 1.25. The molecule has 9 heteroatoms. The molecule has 0 unspecified atom stereocenters. The van der Waals surface area contributed by atoms with Crippen molar-refractivity contribution in [2.75, 3.05) is 13.1 Å². The monoisotopic (exact) mass is 340 g/mol. The lowest BCUT2D eigenvalue weighted by Gasteiger charge is -2.13. The average molecular weight is 340 g/mol. The molecule has 3 N–H and O–H groups in total. The Hall–Kier alpha value is -2.68. The molecule has 1 amide bonds. The van der Waals surface area contributed by atoms with Crippen molar-refractivity contribution in [1.29, 1.82) is 0 Å². The van der Waals surface area contributed by atoms with E-state index in [0.29, 0.717) is 5.69 Å². The van der Waals surface area contributed by atoms with Gasteiger partial charge in [0.2, 0.25) is 5.43 Å². The number of benzene rings is 1. The van der Waals surface area contributed by atoms with Gasteiger partial charge in [0.15, 0.2) is 5.69 Å². The fourth-order valence-electron chi connectivity index (χ4n) is 2.05. The molecule has 0 aliphatic heterocycles. The van der Waals surface area contributed by atoms with Crippen LogP contribution < -0.4 is 16.5 Å². The number of aryl methyl sites for hydroxylation is 1. The summed E-state index contributed by atoms with van der Waals surface area (Å²) in [6.07, 6.45) is -4.51.